The normalized spacial score (nSPS) is 11.9. The van der Waals surface area contributed by atoms with Crippen LogP contribution in [0.4, 0.5) is 0 Å². The monoisotopic (exact) mass is 671 g/mol. The topological polar surface area (TPSA) is 65.0 Å². The zero-order chi connectivity index (χ0) is 33.5. The summed E-state index contributed by atoms with van der Waals surface area (Å²) in [6.07, 6.45) is 0. The third kappa shape index (κ3) is 4.37. The number of aromatic nitrogens is 3. The van der Waals surface area contributed by atoms with E-state index in [0.29, 0.717) is 17.5 Å². The fourth-order valence-corrected chi connectivity index (χ4v) is 8.54. The van der Waals surface area contributed by atoms with Gasteiger partial charge in [-0.15, -0.1) is 11.3 Å². The van der Waals surface area contributed by atoms with Crippen LogP contribution in [0.1, 0.15) is 0 Å². The highest BCUT2D eigenvalue weighted by atomic mass is 32.1. The van der Waals surface area contributed by atoms with Crippen molar-refractivity contribution in [3.8, 4) is 45.3 Å². The molecular weight excluding hydrogens is 647 g/mol. The number of fused-ring (bicyclic) bond motifs is 9. The van der Waals surface area contributed by atoms with Gasteiger partial charge in [-0.25, -0.2) is 15.0 Å². The molecule has 11 aromatic rings. The summed E-state index contributed by atoms with van der Waals surface area (Å²) in [7, 11) is 0. The van der Waals surface area contributed by atoms with E-state index in [1.807, 2.05) is 60.7 Å². The van der Waals surface area contributed by atoms with Crippen LogP contribution in [0.5, 0.6) is 0 Å². The Balaban J connectivity index is 1.14. The molecule has 0 spiro atoms. The number of nitrogens with zero attached hydrogens (tertiary/aromatic N) is 3. The van der Waals surface area contributed by atoms with Crippen molar-refractivity contribution in [2.24, 2.45) is 0 Å². The fraction of sp³-hybridized carbons (Fsp3) is 0. The van der Waals surface area contributed by atoms with Gasteiger partial charge in [0.15, 0.2) is 17.5 Å². The van der Waals surface area contributed by atoms with Gasteiger partial charge in [0.25, 0.3) is 0 Å². The molecule has 51 heavy (non-hydrogen) atoms. The molecule has 0 amide bonds. The van der Waals surface area contributed by atoms with Crippen molar-refractivity contribution in [3.05, 3.63) is 152 Å². The van der Waals surface area contributed by atoms with Crippen LogP contribution in [-0.4, -0.2) is 15.0 Å². The first-order valence-corrected chi connectivity index (χ1v) is 17.7. The Kier molecular flexibility index (Phi) is 6.05. The molecule has 6 heteroatoms. The second-order valence-electron chi connectivity index (χ2n) is 12.7. The molecular formula is C45H25N3O2S. The van der Waals surface area contributed by atoms with E-state index in [2.05, 4.69) is 91.0 Å². The Morgan fingerprint density at radius 3 is 1.84 bits per heavy atom. The van der Waals surface area contributed by atoms with Crippen LogP contribution in [0, 0.1) is 0 Å². The SMILES string of the molecule is c1ccc(-c2nc(-c3cccc4c3oc3c(-c5ccc6oc7ccccc7c6c5)cccc34)nc(-c3cccc4sc5ccccc5c34)n2)cc1. The molecule has 0 aliphatic heterocycles. The largest absolute Gasteiger partial charge is 0.456 e. The maximum atomic E-state index is 6.89. The molecule has 0 saturated carbocycles. The molecule has 0 saturated heterocycles. The van der Waals surface area contributed by atoms with Crippen molar-refractivity contribution >= 4 is 75.4 Å². The van der Waals surface area contributed by atoms with Crippen molar-refractivity contribution in [1.82, 2.24) is 15.0 Å². The molecule has 0 unspecified atom stereocenters. The predicted octanol–water partition coefficient (Wildman–Crippen LogP) is 12.7. The Morgan fingerprint density at radius 1 is 0.373 bits per heavy atom. The average molecular weight is 672 g/mol. The summed E-state index contributed by atoms with van der Waals surface area (Å²) in [6, 6.07) is 52.1. The number of hydrogen-bond acceptors (Lipinski definition) is 6. The maximum Gasteiger partial charge on any atom is 0.167 e. The Morgan fingerprint density at radius 2 is 0.980 bits per heavy atom. The number of rotatable bonds is 4. The third-order valence-electron chi connectivity index (χ3n) is 9.76. The van der Waals surface area contributed by atoms with E-state index >= 15 is 0 Å². The van der Waals surface area contributed by atoms with Crippen molar-refractivity contribution < 1.29 is 8.83 Å². The van der Waals surface area contributed by atoms with E-state index in [4.69, 9.17) is 23.8 Å². The zero-order valence-corrected chi connectivity index (χ0v) is 27.8. The van der Waals surface area contributed by atoms with E-state index in [-0.39, 0.29) is 0 Å². The molecule has 5 nitrogen and oxygen atoms in total. The minimum atomic E-state index is 0.563. The van der Waals surface area contributed by atoms with E-state index in [0.717, 1.165) is 77.1 Å². The number of hydrogen-bond donors (Lipinski definition) is 0. The van der Waals surface area contributed by atoms with Gasteiger partial charge in [0.05, 0.1) is 5.56 Å². The molecule has 0 atom stereocenters. The molecule has 4 aromatic heterocycles. The van der Waals surface area contributed by atoms with Crippen LogP contribution < -0.4 is 0 Å². The maximum absolute atomic E-state index is 6.89. The van der Waals surface area contributed by atoms with Crippen LogP contribution in [0.2, 0.25) is 0 Å². The molecule has 0 aliphatic carbocycles. The summed E-state index contributed by atoms with van der Waals surface area (Å²) in [5, 5.41) is 6.57. The van der Waals surface area contributed by atoms with E-state index in [9.17, 15) is 0 Å². The van der Waals surface area contributed by atoms with Crippen molar-refractivity contribution in [2.45, 2.75) is 0 Å². The lowest BCUT2D eigenvalue weighted by Gasteiger charge is -2.10. The smallest absolute Gasteiger partial charge is 0.167 e. The fourth-order valence-electron chi connectivity index (χ4n) is 7.41. The Bertz CT molecular complexity index is 3160. The van der Waals surface area contributed by atoms with Gasteiger partial charge >= 0.3 is 0 Å². The lowest BCUT2D eigenvalue weighted by molar-refractivity contribution is 0.668. The minimum absolute atomic E-state index is 0.563. The second-order valence-corrected chi connectivity index (χ2v) is 13.8. The van der Waals surface area contributed by atoms with Gasteiger partial charge in [0, 0.05) is 58.4 Å². The van der Waals surface area contributed by atoms with E-state index in [1.54, 1.807) is 11.3 Å². The average Bonchev–Trinajstić information content (AvgIpc) is 3.89. The van der Waals surface area contributed by atoms with Gasteiger partial charge in [-0.1, -0.05) is 115 Å². The second kappa shape index (κ2) is 10.9. The summed E-state index contributed by atoms with van der Waals surface area (Å²) in [5.41, 5.74) is 8.09. The Hall–Kier alpha value is -6.63. The highest BCUT2D eigenvalue weighted by Crippen LogP contribution is 2.43. The molecule has 11 rings (SSSR count). The summed E-state index contributed by atoms with van der Waals surface area (Å²) in [5.74, 6) is 1.80. The number of furan rings is 2. The van der Waals surface area contributed by atoms with Gasteiger partial charge < -0.3 is 8.83 Å². The van der Waals surface area contributed by atoms with E-state index < -0.39 is 0 Å². The number of benzene rings is 7. The lowest BCUT2D eigenvalue weighted by atomic mass is 10.00. The van der Waals surface area contributed by atoms with Crippen LogP contribution >= 0.6 is 11.3 Å². The number of thiophene rings is 1. The van der Waals surface area contributed by atoms with Crippen LogP contribution in [-0.2, 0) is 0 Å². The molecule has 238 valence electrons. The zero-order valence-electron chi connectivity index (χ0n) is 27.0. The molecule has 0 bridgehead atoms. The molecule has 0 N–H and O–H groups in total. The van der Waals surface area contributed by atoms with E-state index in [1.165, 1.54) is 14.8 Å². The van der Waals surface area contributed by atoms with Crippen molar-refractivity contribution in [2.75, 3.05) is 0 Å². The van der Waals surface area contributed by atoms with Gasteiger partial charge in [-0.05, 0) is 42.0 Å². The highest BCUT2D eigenvalue weighted by molar-refractivity contribution is 7.25. The first-order valence-electron chi connectivity index (χ1n) is 16.9. The Labute approximate surface area is 295 Å². The van der Waals surface area contributed by atoms with Crippen LogP contribution in [0.15, 0.2) is 160 Å². The molecule has 4 heterocycles. The van der Waals surface area contributed by atoms with Crippen molar-refractivity contribution in [3.63, 3.8) is 0 Å². The minimum Gasteiger partial charge on any atom is -0.456 e. The lowest BCUT2D eigenvalue weighted by Crippen LogP contribution is -2.00. The predicted molar refractivity (Wildman–Crippen MR) is 209 cm³/mol. The van der Waals surface area contributed by atoms with Gasteiger partial charge in [-0.3, -0.25) is 0 Å². The highest BCUT2D eigenvalue weighted by Gasteiger charge is 2.21. The summed E-state index contributed by atoms with van der Waals surface area (Å²) in [6.45, 7) is 0. The number of para-hydroxylation sites is 3. The first kappa shape index (κ1) is 28.2. The first-order chi connectivity index (χ1) is 25.3. The summed E-state index contributed by atoms with van der Waals surface area (Å²) < 4.78 is 15.4. The van der Waals surface area contributed by atoms with Gasteiger partial charge in [0.1, 0.15) is 22.3 Å². The molecule has 0 radical (unpaired) electrons. The van der Waals surface area contributed by atoms with Crippen molar-refractivity contribution in [1.29, 1.82) is 0 Å². The van der Waals surface area contributed by atoms with Gasteiger partial charge in [-0.2, -0.15) is 0 Å². The molecule has 7 aromatic carbocycles. The van der Waals surface area contributed by atoms with Crippen LogP contribution in [0.25, 0.3) is 109 Å². The summed E-state index contributed by atoms with van der Waals surface area (Å²) in [4.78, 5) is 15.4. The third-order valence-corrected chi connectivity index (χ3v) is 10.9. The molecule has 0 aliphatic rings. The quantitative estimate of drug-likeness (QED) is 0.186. The standard InChI is InChI=1S/C45H25N3O2S/c1-2-11-26(12-3-1)43-46-44(33-18-10-22-39-40(33)32-14-5-7-21-38(32)51-39)48-45(47-43)34-19-9-17-31-30-16-8-15-28(41(30)50-42(31)34)27-23-24-37-35(25-27)29-13-4-6-20-36(29)49-37/h1-25H. The van der Waals surface area contributed by atoms with Gasteiger partial charge in [0.2, 0.25) is 0 Å². The molecule has 0 fully saturated rings. The van der Waals surface area contributed by atoms with Crippen LogP contribution in [0.3, 0.4) is 0 Å². The summed E-state index contributed by atoms with van der Waals surface area (Å²) >= 11 is 1.79.